The molecule has 2 aromatic carbocycles. The van der Waals surface area contributed by atoms with Crippen molar-refractivity contribution in [2.45, 2.75) is 38.0 Å². The molecule has 0 aliphatic carbocycles. The van der Waals surface area contributed by atoms with Crippen LogP contribution in [0.15, 0.2) is 66.2 Å². The number of methoxy groups -OCH3 is 1. The summed E-state index contributed by atoms with van der Waals surface area (Å²) in [4.78, 5) is 25.4. The highest BCUT2D eigenvalue weighted by Crippen LogP contribution is 3.02. The molecule has 1 unspecified atom stereocenters. The van der Waals surface area contributed by atoms with E-state index in [9.17, 15) is 29.0 Å². The molecule has 12 heteroatoms. The molecule has 1 amide bonds. The Morgan fingerprint density at radius 3 is 2.28 bits per heavy atom. The van der Waals surface area contributed by atoms with Crippen molar-refractivity contribution in [3.63, 3.8) is 0 Å². The van der Waals surface area contributed by atoms with E-state index >= 15 is 0 Å². The number of nitrogens with zero attached hydrogens (tertiary/aromatic N) is 1. The number of nitrogens with one attached hydrogen (secondary N) is 1. The lowest BCUT2D eigenvalue weighted by Crippen LogP contribution is -2.35. The van der Waals surface area contributed by atoms with E-state index in [0.717, 1.165) is 12.1 Å². The first-order valence-electron chi connectivity index (χ1n) is 13.6. The van der Waals surface area contributed by atoms with Crippen LogP contribution in [0, 0.1) is 5.92 Å². The molecule has 0 saturated heterocycles. The number of halogens is 5. The molecule has 0 heterocycles. The van der Waals surface area contributed by atoms with E-state index in [2.05, 4.69) is 25.1 Å². The van der Waals surface area contributed by atoms with Crippen LogP contribution < -0.4 is 20.5 Å². The second kappa shape index (κ2) is 13.8. The average Bonchev–Trinajstić information content (AvgIpc) is 2.91. The summed E-state index contributed by atoms with van der Waals surface area (Å²) in [6.45, 7) is 16.9. The van der Waals surface area contributed by atoms with Crippen molar-refractivity contribution in [2.75, 3.05) is 33.4 Å². The second-order valence-corrected chi connectivity index (χ2v) is 12.5. The minimum atomic E-state index is -9.82. The van der Waals surface area contributed by atoms with Crippen LogP contribution >= 0.6 is 10.2 Å². The number of benzene rings is 2. The highest BCUT2D eigenvalue weighted by Gasteiger charge is 2.65. The summed E-state index contributed by atoms with van der Waals surface area (Å²) >= 11 is 0. The number of ketones is 1. The number of carbonyl (C=O) groups is 2. The molecule has 238 valence electrons. The normalized spacial score (nSPS) is 14.3. The standard InChI is InChI=1S/C31H39F5N2O4S/c1-7-9-24(11-17-29(39)25-12-14-26(15-13-25)43(32,33,34,35)36)20-38(22(3)4)21-28-23(5)10-16-27(30(28)42-8-2)31(40)37-18-19-41-6/h7,10,12-16,21,24H,1,3,5,8-9,11,17-20H2,2,4,6H3,(H,37,40). The fourth-order valence-electron chi connectivity index (χ4n) is 4.27. The SMILES string of the molecule is C=CCC(CCC(=O)c1ccc(S(F)(F)(F)(F)F)cc1)CN(C=c1c(OCC)c(C(=O)NCCOC)ccc1=C)C(=C)C. The van der Waals surface area contributed by atoms with Gasteiger partial charge >= 0.3 is 10.2 Å². The fraction of sp³-hybridized carbons (Fsp3) is 0.355. The van der Waals surface area contributed by atoms with Crippen molar-refractivity contribution in [3.05, 3.63) is 82.9 Å². The summed E-state index contributed by atoms with van der Waals surface area (Å²) in [6, 6.07) is 5.37. The molecule has 43 heavy (non-hydrogen) atoms. The van der Waals surface area contributed by atoms with Crippen LogP contribution in [0.4, 0.5) is 19.4 Å². The van der Waals surface area contributed by atoms with Crippen molar-refractivity contribution in [3.8, 4) is 5.75 Å². The molecule has 0 spiro atoms. The molecule has 2 aromatic rings. The number of rotatable bonds is 17. The Bertz CT molecular complexity index is 1450. The highest BCUT2D eigenvalue weighted by molar-refractivity contribution is 8.45. The van der Waals surface area contributed by atoms with Gasteiger partial charge < -0.3 is 19.7 Å². The zero-order valence-corrected chi connectivity index (χ0v) is 25.5. The Hall–Kier alpha value is -3.64. The third-order valence-electron chi connectivity index (χ3n) is 6.54. The van der Waals surface area contributed by atoms with Crippen LogP contribution in [0.2, 0.25) is 0 Å². The van der Waals surface area contributed by atoms with E-state index in [1.54, 1.807) is 38.3 Å². The quantitative estimate of drug-likeness (QED) is 0.0887. The monoisotopic (exact) mass is 630 g/mol. The molecule has 1 atom stereocenters. The third-order valence-corrected chi connectivity index (χ3v) is 7.71. The van der Waals surface area contributed by atoms with Gasteiger partial charge in [-0.2, -0.15) is 0 Å². The Morgan fingerprint density at radius 1 is 1.09 bits per heavy atom. The van der Waals surface area contributed by atoms with Gasteiger partial charge in [0.15, 0.2) is 5.78 Å². The van der Waals surface area contributed by atoms with Gasteiger partial charge in [0.05, 0.1) is 18.8 Å². The van der Waals surface area contributed by atoms with Crippen molar-refractivity contribution in [1.82, 2.24) is 10.2 Å². The minimum absolute atomic E-state index is 0.0276. The summed E-state index contributed by atoms with van der Waals surface area (Å²) in [5.41, 5.74) is 0.890. The Labute approximate surface area is 249 Å². The van der Waals surface area contributed by atoms with Crippen LogP contribution in [0.25, 0.3) is 12.8 Å². The van der Waals surface area contributed by atoms with E-state index in [4.69, 9.17) is 9.47 Å². The summed E-state index contributed by atoms with van der Waals surface area (Å²) in [6.07, 6.45) is 4.28. The lowest BCUT2D eigenvalue weighted by molar-refractivity contribution is 0.0931. The maximum atomic E-state index is 13.0. The third kappa shape index (κ3) is 10.5. The maximum Gasteiger partial charge on any atom is 0.310 e. The van der Waals surface area contributed by atoms with Crippen LogP contribution in [-0.2, 0) is 4.74 Å². The molecule has 0 fully saturated rings. The van der Waals surface area contributed by atoms with Crippen molar-refractivity contribution in [2.24, 2.45) is 5.92 Å². The molecule has 1 N–H and O–H groups in total. The van der Waals surface area contributed by atoms with Crippen molar-refractivity contribution in [1.29, 1.82) is 0 Å². The number of hydrogen-bond acceptors (Lipinski definition) is 5. The minimum Gasteiger partial charge on any atom is -0.492 e. The average molecular weight is 631 g/mol. The largest absolute Gasteiger partial charge is 0.492 e. The number of carbonyl (C=O) groups excluding carboxylic acids is 2. The zero-order chi connectivity index (χ0) is 32.5. The summed E-state index contributed by atoms with van der Waals surface area (Å²) in [5, 5.41) is 3.96. The maximum absolute atomic E-state index is 13.0. The highest BCUT2D eigenvalue weighted by atomic mass is 32.5. The van der Waals surface area contributed by atoms with Gasteiger partial charge in [-0.05, 0) is 68.2 Å². The molecule has 2 rings (SSSR count). The smallest absolute Gasteiger partial charge is 0.310 e. The number of amides is 1. The van der Waals surface area contributed by atoms with E-state index in [-0.39, 0.29) is 35.9 Å². The van der Waals surface area contributed by atoms with Crippen LogP contribution in [0.3, 0.4) is 0 Å². The van der Waals surface area contributed by atoms with E-state index in [1.807, 2.05) is 4.90 Å². The Balaban J connectivity index is 2.33. The van der Waals surface area contributed by atoms with Crippen molar-refractivity contribution < 1.29 is 38.5 Å². The molecule has 0 aromatic heterocycles. The van der Waals surface area contributed by atoms with Gasteiger partial charge in [-0.15, -0.1) is 6.58 Å². The lowest BCUT2D eigenvalue weighted by Gasteiger charge is -2.40. The van der Waals surface area contributed by atoms with Gasteiger partial charge in [-0.3, -0.25) is 9.59 Å². The van der Waals surface area contributed by atoms with E-state index in [0.29, 0.717) is 66.6 Å². The number of allylic oxidation sites excluding steroid dienone is 2. The van der Waals surface area contributed by atoms with Gasteiger partial charge in [0.25, 0.3) is 5.91 Å². The first kappa shape index (κ1) is 35.6. The zero-order valence-electron chi connectivity index (χ0n) is 24.6. The topological polar surface area (TPSA) is 67.9 Å². The number of hydrogen-bond donors (Lipinski definition) is 1. The van der Waals surface area contributed by atoms with Crippen LogP contribution in [0.5, 0.6) is 5.75 Å². The van der Waals surface area contributed by atoms with Crippen LogP contribution in [-0.4, -0.2) is 50.0 Å². The molecular formula is C31H39F5N2O4S. The van der Waals surface area contributed by atoms with Gasteiger partial charge in [-0.1, -0.05) is 44.7 Å². The van der Waals surface area contributed by atoms with Crippen LogP contribution in [0.1, 0.15) is 53.8 Å². The molecule has 0 aliphatic rings. The predicted octanol–water partition coefficient (Wildman–Crippen LogP) is 6.96. The summed E-state index contributed by atoms with van der Waals surface area (Å²) in [7, 11) is -8.29. The fourth-order valence-corrected chi connectivity index (χ4v) is 4.92. The van der Waals surface area contributed by atoms with Gasteiger partial charge in [0.2, 0.25) is 0 Å². The molecule has 0 aliphatic heterocycles. The Kier molecular flexibility index (Phi) is 11.4. The number of Topliss-reactive ketones (excluding diaryl/α,β-unsaturated/α-hetero) is 1. The van der Waals surface area contributed by atoms with Crippen molar-refractivity contribution >= 4 is 34.7 Å². The van der Waals surface area contributed by atoms with Gasteiger partial charge in [0, 0.05) is 49.3 Å². The lowest BCUT2D eigenvalue weighted by atomic mass is 9.95. The first-order chi connectivity index (χ1) is 19.9. The van der Waals surface area contributed by atoms with Gasteiger partial charge in [0.1, 0.15) is 10.6 Å². The molecule has 0 radical (unpaired) electrons. The molecule has 0 bridgehead atoms. The van der Waals surface area contributed by atoms with E-state index < -0.39 is 20.9 Å². The predicted molar refractivity (Wildman–Crippen MR) is 162 cm³/mol. The molecular weight excluding hydrogens is 591 g/mol. The summed E-state index contributed by atoms with van der Waals surface area (Å²) < 4.78 is 76.0. The molecule has 6 nitrogen and oxygen atoms in total. The summed E-state index contributed by atoms with van der Waals surface area (Å²) in [5.74, 6) is -0.600. The van der Waals surface area contributed by atoms with E-state index in [1.165, 1.54) is 7.11 Å². The van der Waals surface area contributed by atoms with Gasteiger partial charge in [-0.25, -0.2) is 0 Å². The second-order valence-electron chi connectivity index (χ2n) is 10.1. The number of ether oxygens (including phenoxy) is 2. The molecule has 0 saturated carbocycles. The Morgan fingerprint density at radius 2 is 1.74 bits per heavy atom. The first-order valence-corrected chi connectivity index (χ1v) is 15.5.